The minimum Gasteiger partial charge on any atom is -0.379 e. The number of nitrogens with two attached hydrogens (primary N) is 1. The van der Waals surface area contributed by atoms with Crippen molar-refractivity contribution in [3.05, 3.63) is 32.7 Å². The summed E-state index contributed by atoms with van der Waals surface area (Å²) in [5.74, 6) is 0. The molecule has 0 radical (unpaired) electrons. The molecule has 1 unspecified atom stereocenters. The van der Waals surface area contributed by atoms with E-state index in [0.717, 1.165) is 27.4 Å². The molecule has 1 aromatic carbocycles. The largest absolute Gasteiger partial charge is 0.379 e. The van der Waals surface area contributed by atoms with Gasteiger partial charge in [0.05, 0.1) is 5.60 Å². The van der Waals surface area contributed by atoms with E-state index in [1.165, 1.54) is 0 Å². The Morgan fingerprint density at radius 2 is 1.76 bits per heavy atom. The Hall–Kier alpha value is 0.1000. The van der Waals surface area contributed by atoms with Crippen LogP contribution in [0.15, 0.2) is 27.1 Å². The van der Waals surface area contributed by atoms with Gasteiger partial charge >= 0.3 is 0 Å². The van der Waals surface area contributed by atoms with Crippen LogP contribution in [0.25, 0.3) is 0 Å². The first-order chi connectivity index (χ1) is 7.84. The highest BCUT2D eigenvalue weighted by Crippen LogP contribution is 2.27. The van der Waals surface area contributed by atoms with E-state index in [2.05, 4.69) is 57.8 Å². The summed E-state index contributed by atoms with van der Waals surface area (Å²) >= 11 is 6.95. The molecule has 1 aromatic rings. The Balaban J connectivity index is 2.67. The molecule has 0 saturated carbocycles. The molecule has 0 aliphatic carbocycles. The summed E-state index contributed by atoms with van der Waals surface area (Å²) in [6.45, 7) is 4.16. The van der Waals surface area contributed by atoms with E-state index in [9.17, 15) is 0 Å². The lowest BCUT2D eigenvalue weighted by molar-refractivity contribution is 0.0125. The number of hydrogen-bond acceptors (Lipinski definition) is 2. The number of rotatable bonds is 5. The molecule has 0 aromatic heterocycles. The van der Waals surface area contributed by atoms with Crippen LogP contribution in [0.4, 0.5) is 0 Å². The second kappa shape index (κ2) is 6.32. The number of benzene rings is 1. The van der Waals surface area contributed by atoms with Gasteiger partial charge in [0.1, 0.15) is 0 Å². The summed E-state index contributed by atoms with van der Waals surface area (Å²) in [7, 11) is 1.74. The predicted molar refractivity (Wildman–Crippen MR) is 79.1 cm³/mol. The van der Waals surface area contributed by atoms with Crippen molar-refractivity contribution in [3.8, 4) is 0 Å². The van der Waals surface area contributed by atoms with Crippen molar-refractivity contribution in [2.24, 2.45) is 5.73 Å². The van der Waals surface area contributed by atoms with Crippen molar-refractivity contribution >= 4 is 31.9 Å². The standard InChI is InChI=1S/C13H19Br2NO/c1-13(2,17-3)5-4-12(16)9-6-10(14)8-11(15)7-9/h6-8,12H,4-5,16H2,1-3H3. The first-order valence-electron chi connectivity index (χ1n) is 5.61. The Bertz CT molecular complexity index is 359. The van der Waals surface area contributed by atoms with Crippen molar-refractivity contribution in [1.82, 2.24) is 0 Å². The molecule has 17 heavy (non-hydrogen) atoms. The van der Waals surface area contributed by atoms with Crippen LogP contribution in [-0.2, 0) is 4.74 Å². The van der Waals surface area contributed by atoms with Crippen LogP contribution in [0, 0.1) is 0 Å². The molecule has 0 fully saturated rings. The molecular formula is C13H19Br2NO. The molecule has 2 N–H and O–H groups in total. The van der Waals surface area contributed by atoms with Crippen LogP contribution in [0.1, 0.15) is 38.3 Å². The predicted octanol–water partition coefficient (Wildman–Crippen LogP) is 4.42. The zero-order valence-electron chi connectivity index (χ0n) is 10.5. The number of methoxy groups -OCH3 is 1. The summed E-state index contributed by atoms with van der Waals surface area (Å²) in [4.78, 5) is 0. The first kappa shape index (κ1) is 15.2. The van der Waals surface area contributed by atoms with Gasteiger partial charge in [-0.1, -0.05) is 31.9 Å². The molecule has 0 spiro atoms. The fourth-order valence-corrected chi connectivity index (χ4v) is 2.89. The summed E-state index contributed by atoms with van der Waals surface area (Å²) in [5.41, 5.74) is 7.22. The third-order valence-corrected chi connectivity index (χ3v) is 3.84. The van der Waals surface area contributed by atoms with E-state index < -0.39 is 0 Å². The average Bonchev–Trinajstić information content (AvgIpc) is 2.24. The molecule has 0 heterocycles. The highest BCUT2D eigenvalue weighted by molar-refractivity contribution is 9.11. The fourth-order valence-electron chi connectivity index (χ4n) is 1.56. The van der Waals surface area contributed by atoms with Gasteiger partial charge in [0, 0.05) is 22.1 Å². The van der Waals surface area contributed by atoms with Gasteiger partial charge < -0.3 is 10.5 Å². The average molecular weight is 365 g/mol. The molecule has 0 amide bonds. The van der Waals surface area contributed by atoms with Gasteiger partial charge in [0.15, 0.2) is 0 Å². The Morgan fingerprint density at radius 1 is 1.24 bits per heavy atom. The fraction of sp³-hybridized carbons (Fsp3) is 0.538. The van der Waals surface area contributed by atoms with Crippen LogP contribution in [0.5, 0.6) is 0 Å². The molecular weight excluding hydrogens is 346 g/mol. The van der Waals surface area contributed by atoms with Gasteiger partial charge in [0.25, 0.3) is 0 Å². The smallest absolute Gasteiger partial charge is 0.0623 e. The SMILES string of the molecule is COC(C)(C)CCC(N)c1cc(Br)cc(Br)c1. The zero-order valence-corrected chi connectivity index (χ0v) is 13.6. The van der Waals surface area contributed by atoms with E-state index in [-0.39, 0.29) is 11.6 Å². The summed E-state index contributed by atoms with van der Waals surface area (Å²) in [6, 6.07) is 6.18. The molecule has 96 valence electrons. The van der Waals surface area contributed by atoms with Gasteiger partial charge in [-0.15, -0.1) is 0 Å². The van der Waals surface area contributed by atoms with E-state index in [1.54, 1.807) is 7.11 Å². The van der Waals surface area contributed by atoms with E-state index in [0.29, 0.717) is 0 Å². The third-order valence-electron chi connectivity index (χ3n) is 2.92. The molecule has 1 rings (SSSR count). The van der Waals surface area contributed by atoms with Crippen molar-refractivity contribution in [1.29, 1.82) is 0 Å². The van der Waals surface area contributed by atoms with Crippen LogP contribution < -0.4 is 5.73 Å². The maximum atomic E-state index is 6.20. The highest BCUT2D eigenvalue weighted by atomic mass is 79.9. The maximum absolute atomic E-state index is 6.20. The van der Waals surface area contributed by atoms with Crippen molar-refractivity contribution in [2.45, 2.75) is 38.3 Å². The lowest BCUT2D eigenvalue weighted by Gasteiger charge is -2.24. The van der Waals surface area contributed by atoms with E-state index in [4.69, 9.17) is 10.5 Å². The molecule has 4 heteroatoms. The normalized spacial score (nSPS) is 13.8. The molecule has 0 aliphatic heterocycles. The monoisotopic (exact) mass is 363 g/mol. The van der Waals surface area contributed by atoms with E-state index in [1.807, 2.05) is 6.07 Å². The molecule has 0 bridgehead atoms. The molecule has 0 aliphatic rings. The van der Waals surface area contributed by atoms with Crippen molar-refractivity contribution in [2.75, 3.05) is 7.11 Å². The summed E-state index contributed by atoms with van der Waals surface area (Å²) in [6.07, 6.45) is 1.85. The molecule has 1 atom stereocenters. The van der Waals surface area contributed by atoms with Crippen LogP contribution >= 0.6 is 31.9 Å². The number of halogens is 2. The first-order valence-corrected chi connectivity index (χ1v) is 7.19. The van der Waals surface area contributed by atoms with Crippen molar-refractivity contribution < 1.29 is 4.74 Å². The second-order valence-electron chi connectivity index (χ2n) is 4.81. The Kier molecular flexibility index (Phi) is 5.64. The molecule has 0 saturated heterocycles. The van der Waals surface area contributed by atoms with Gasteiger partial charge in [-0.2, -0.15) is 0 Å². The lowest BCUT2D eigenvalue weighted by atomic mass is 9.95. The second-order valence-corrected chi connectivity index (χ2v) is 6.64. The van der Waals surface area contributed by atoms with Crippen LogP contribution in [-0.4, -0.2) is 12.7 Å². The minimum absolute atomic E-state index is 0.0400. The van der Waals surface area contributed by atoms with Gasteiger partial charge in [-0.25, -0.2) is 0 Å². The van der Waals surface area contributed by atoms with Crippen molar-refractivity contribution in [3.63, 3.8) is 0 Å². The zero-order chi connectivity index (χ0) is 13.1. The topological polar surface area (TPSA) is 35.2 Å². The lowest BCUT2D eigenvalue weighted by Crippen LogP contribution is -2.24. The number of hydrogen-bond donors (Lipinski definition) is 1. The Labute approximate surface area is 120 Å². The minimum atomic E-state index is -0.110. The third kappa shape index (κ3) is 5.08. The maximum Gasteiger partial charge on any atom is 0.0623 e. The summed E-state index contributed by atoms with van der Waals surface area (Å²) < 4.78 is 7.49. The number of ether oxygens (including phenoxy) is 1. The van der Waals surface area contributed by atoms with Gasteiger partial charge in [-0.3, -0.25) is 0 Å². The molecule has 2 nitrogen and oxygen atoms in total. The van der Waals surface area contributed by atoms with Gasteiger partial charge in [0.2, 0.25) is 0 Å². The van der Waals surface area contributed by atoms with E-state index >= 15 is 0 Å². The van der Waals surface area contributed by atoms with Gasteiger partial charge in [-0.05, 0) is 50.5 Å². The Morgan fingerprint density at radius 3 is 2.24 bits per heavy atom. The van der Waals surface area contributed by atoms with Crippen LogP contribution in [0.2, 0.25) is 0 Å². The highest BCUT2D eigenvalue weighted by Gasteiger charge is 2.18. The summed E-state index contributed by atoms with van der Waals surface area (Å²) in [5, 5.41) is 0. The quantitative estimate of drug-likeness (QED) is 0.839. The van der Waals surface area contributed by atoms with Crippen LogP contribution in [0.3, 0.4) is 0 Å².